The highest BCUT2D eigenvalue weighted by Crippen LogP contribution is 2.41. The van der Waals surface area contributed by atoms with Crippen molar-refractivity contribution in [1.29, 1.82) is 0 Å². The minimum absolute atomic E-state index is 0.199. The summed E-state index contributed by atoms with van der Waals surface area (Å²) in [7, 11) is -1.07. The third-order valence-corrected chi connectivity index (χ3v) is 6.24. The normalized spacial score (nSPS) is 23.3. The zero-order valence-electron chi connectivity index (χ0n) is 12.1. The lowest BCUT2D eigenvalue weighted by molar-refractivity contribution is 0.0772. The van der Waals surface area contributed by atoms with E-state index in [4.69, 9.17) is 0 Å². The van der Waals surface area contributed by atoms with E-state index < -0.39 is 10.0 Å². The number of aromatic nitrogens is 2. The van der Waals surface area contributed by atoms with Crippen molar-refractivity contribution in [2.75, 3.05) is 31.9 Å². The second-order valence-corrected chi connectivity index (χ2v) is 8.41. The minimum atomic E-state index is -3.00. The van der Waals surface area contributed by atoms with Crippen LogP contribution in [0.2, 0.25) is 0 Å². The van der Waals surface area contributed by atoms with Gasteiger partial charge in [-0.25, -0.2) is 12.7 Å². The van der Waals surface area contributed by atoms with Gasteiger partial charge >= 0.3 is 0 Å². The molecule has 1 spiro atoms. The smallest absolute Gasteiger partial charge is 0.213 e. The molecule has 1 aromatic heterocycles. The molecular formula is C13H22N4O2S. The van der Waals surface area contributed by atoms with E-state index >= 15 is 0 Å². The fourth-order valence-corrected chi connectivity index (χ4v) is 4.62. The fraction of sp³-hybridized carbons (Fsp3) is 0.769. The largest absolute Gasteiger partial charge is 0.298 e. The lowest BCUT2D eigenvalue weighted by Crippen LogP contribution is -2.59. The summed E-state index contributed by atoms with van der Waals surface area (Å²) in [5, 5.41) is 4.19. The van der Waals surface area contributed by atoms with Crippen molar-refractivity contribution in [1.82, 2.24) is 19.0 Å². The number of nitrogens with zero attached hydrogens (tertiary/aromatic N) is 4. The maximum absolute atomic E-state index is 11.8. The molecule has 6 nitrogen and oxygen atoms in total. The quantitative estimate of drug-likeness (QED) is 0.801. The van der Waals surface area contributed by atoms with Crippen LogP contribution in [-0.2, 0) is 23.6 Å². The molecule has 2 fully saturated rings. The average Bonchev–Trinajstić information content (AvgIpc) is 2.95. The number of hydrogen-bond acceptors (Lipinski definition) is 4. The van der Waals surface area contributed by atoms with Gasteiger partial charge in [0.25, 0.3) is 0 Å². The molecule has 2 aliphatic rings. The van der Waals surface area contributed by atoms with Gasteiger partial charge in [-0.15, -0.1) is 0 Å². The molecule has 1 aromatic rings. The first-order chi connectivity index (χ1) is 9.42. The number of rotatable bonds is 4. The van der Waals surface area contributed by atoms with E-state index in [2.05, 4.69) is 10.00 Å². The standard InChI is InChI=1S/C13H22N4O2S/c1-3-20(18,19)17-10-13(11-17)4-5-16(9-13)8-12-6-14-15(2)7-12/h6-7H,3-5,8-11H2,1-2H3. The van der Waals surface area contributed by atoms with Gasteiger partial charge in [0.05, 0.1) is 11.9 Å². The van der Waals surface area contributed by atoms with Crippen LogP contribution >= 0.6 is 0 Å². The van der Waals surface area contributed by atoms with E-state index in [1.165, 1.54) is 5.56 Å². The molecule has 0 atom stereocenters. The van der Waals surface area contributed by atoms with Crippen LogP contribution in [0.15, 0.2) is 12.4 Å². The van der Waals surface area contributed by atoms with Crippen molar-refractivity contribution in [2.45, 2.75) is 19.9 Å². The molecule has 0 bridgehead atoms. The van der Waals surface area contributed by atoms with Crippen LogP contribution in [-0.4, -0.2) is 59.3 Å². The number of hydrogen-bond donors (Lipinski definition) is 0. The second-order valence-electron chi connectivity index (χ2n) is 6.15. The molecule has 0 amide bonds. The Balaban J connectivity index is 1.56. The van der Waals surface area contributed by atoms with Crippen LogP contribution in [0.25, 0.3) is 0 Å². The molecule has 7 heteroatoms. The zero-order valence-corrected chi connectivity index (χ0v) is 12.9. The summed E-state index contributed by atoms with van der Waals surface area (Å²) in [5.74, 6) is 0.211. The van der Waals surface area contributed by atoms with Crippen LogP contribution in [0.5, 0.6) is 0 Å². The highest BCUT2D eigenvalue weighted by molar-refractivity contribution is 7.89. The molecule has 0 aromatic carbocycles. The van der Waals surface area contributed by atoms with Crippen molar-refractivity contribution >= 4 is 10.0 Å². The van der Waals surface area contributed by atoms with Crippen molar-refractivity contribution in [3.8, 4) is 0 Å². The highest BCUT2D eigenvalue weighted by atomic mass is 32.2. The van der Waals surface area contributed by atoms with Gasteiger partial charge in [-0.1, -0.05) is 0 Å². The van der Waals surface area contributed by atoms with Crippen molar-refractivity contribution in [3.63, 3.8) is 0 Å². The number of likely N-dealkylation sites (tertiary alicyclic amines) is 1. The molecule has 0 saturated carbocycles. The molecule has 2 aliphatic heterocycles. The molecule has 2 saturated heterocycles. The fourth-order valence-electron chi connectivity index (χ4n) is 3.31. The summed E-state index contributed by atoms with van der Waals surface area (Å²) in [6.45, 7) is 6.08. The van der Waals surface area contributed by atoms with E-state index in [1.807, 2.05) is 24.1 Å². The molecule has 3 rings (SSSR count). The van der Waals surface area contributed by atoms with E-state index in [1.54, 1.807) is 11.2 Å². The Morgan fingerprint density at radius 1 is 1.35 bits per heavy atom. The third kappa shape index (κ3) is 2.49. The lowest BCUT2D eigenvalue weighted by atomic mass is 9.81. The van der Waals surface area contributed by atoms with Crippen LogP contribution < -0.4 is 0 Å². The molecule has 112 valence electrons. The van der Waals surface area contributed by atoms with Crippen molar-refractivity contribution < 1.29 is 8.42 Å². The van der Waals surface area contributed by atoms with Gasteiger partial charge in [0.2, 0.25) is 10.0 Å². The van der Waals surface area contributed by atoms with Gasteiger partial charge in [0.15, 0.2) is 0 Å². The lowest BCUT2D eigenvalue weighted by Gasteiger charge is -2.46. The Morgan fingerprint density at radius 3 is 2.70 bits per heavy atom. The van der Waals surface area contributed by atoms with Crippen LogP contribution in [0.3, 0.4) is 0 Å². The van der Waals surface area contributed by atoms with E-state index in [0.717, 1.165) is 26.1 Å². The topological polar surface area (TPSA) is 58.4 Å². The first-order valence-electron chi connectivity index (χ1n) is 7.10. The summed E-state index contributed by atoms with van der Waals surface area (Å²) < 4.78 is 27.1. The summed E-state index contributed by atoms with van der Waals surface area (Å²) in [6, 6.07) is 0. The molecule has 20 heavy (non-hydrogen) atoms. The minimum Gasteiger partial charge on any atom is -0.298 e. The molecule has 3 heterocycles. The Labute approximate surface area is 120 Å². The Morgan fingerprint density at radius 2 is 2.10 bits per heavy atom. The highest BCUT2D eigenvalue weighted by Gasteiger charge is 2.50. The van der Waals surface area contributed by atoms with Crippen molar-refractivity contribution in [2.24, 2.45) is 12.5 Å². The van der Waals surface area contributed by atoms with Crippen LogP contribution in [0.1, 0.15) is 18.9 Å². The summed E-state index contributed by atoms with van der Waals surface area (Å²) in [5.41, 5.74) is 1.42. The molecule has 0 N–H and O–H groups in total. The van der Waals surface area contributed by atoms with Crippen LogP contribution in [0, 0.1) is 5.41 Å². The SMILES string of the molecule is CCS(=O)(=O)N1CC2(CCN(Cc3cnn(C)c3)C2)C1. The monoisotopic (exact) mass is 298 g/mol. The van der Waals surface area contributed by atoms with E-state index in [0.29, 0.717) is 13.1 Å². The van der Waals surface area contributed by atoms with Crippen LogP contribution in [0.4, 0.5) is 0 Å². The average molecular weight is 298 g/mol. The second kappa shape index (κ2) is 4.82. The van der Waals surface area contributed by atoms with E-state index in [9.17, 15) is 8.42 Å². The Hall–Kier alpha value is -0.920. The summed E-state index contributed by atoms with van der Waals surface area (Å²) in [6.07, 6.45) is 5.04. The van der Waals surface area contributed by atoms with Crippen molar-refractivity contribution in [3.05, 3.63) is 18.0 Å². The predicted octanol–water partition coefficient (Wildman–Crippen LogP) is 0.278. The maximum Gasteiger partial charge on any atom is 0.213 e. The first-order valence-corrected chi connectivity index (χ1v) is 8.71. The summed E-state index contributed by atoms with van der Waals surface area (Å²) in [4.78, 5) is 2.41. The Bertz CT molecular complexity index is 589. The van der Waals surface area contributed by atoms with Gasteiger partial charge < -0.3 is 0 Å². The molecule has 0 unspecified atom stereocenters. The third-order valence-electron chi connectivity index (χ3n) is 4.46. The van der Waals surface area contributed by atoms with Gasteiger partial charge in [0, 0.05) is 50.4 Å². The van der Waals surface area contributed by atoms with Gasteiger partial charge in [-0.05, 0) is 19.9 Å². The molecular weight excluding hydrogens is 276 g/mol. The number of sulfonamides is 1. The summed E-state index contributed by atoms with van der Waals surface area (Å²) >= 11 is 0. The van der Waals surface area contributed by atoms with E-state index in [-0.39, 0.29) is 11.2 Å². The van der Waals surface area contributed by atoms with Gasteiger partial charge in [-0.2, -0.15) is 5.10 Å². The molecule has 0 radical (unpaired) electrons. The van der Waals surface area contributed by atoms with Gasteiger partial charge in [0.1, 0.15) is 0 Å². The number of aryl methyl sites for hydroxylation is 1. The molecule has 0 aliphatic carbocycles. The first kappa shape index (κ1) is 14.0. The predicted molar refractivity (Wildman–Crippen MR) is 76.6 cm³/mol. The Kier molecular flexibility index (Phi) is 3.38. The maximum atomic E-state index is 11.8. The van der Waals surface area contributed by atoms with Gasteiger partial charge in [-0.3, -0.25) is 9.58 Å². The zero-order chi connectivity index (χ0) is 14.4.